The zero-order chi connectivity index (χ0) is 13.7. The molecule has 0 bridgehead atoms. The summed E-state index contributed by atoms with van der Waals surface area (Å²) >= 11 is 0. The van der Waals surface area contributed by atoms with Crippen molar-refractivity contribution in [2.45, 2.75) is 6.92 Å². The summed E-state index contributed by atoms with van der Waals surface area (Å²) in [4.78, 5) is 4.28. The third-order valence-corrected chi connectivity index (χ3v) is 2.74. The lowest BCUT2D eigenvalue weighted by Crippen LogP contribution is -1.98. The second-order valence-electron chi connectivity index (χ2n) is 4.20. The van der Waals surface area contributed by atoms with E-state index in [1.807, 2.05) is 61.5 Å². The van der Waals surface area contributed by atoms with E-state index in [0.717, 1.165) is 22.5 Å². The molecule has 1 aromatic carbocycles. The molecular weight excluding hydrogens is 234 g/mol. The topological polar surface area (TPSA) is 64.9 Å². The summed E-state index contributed by atoms with van der Waals surface area (Å²) in [6.45, 7) is 1.94. The number of benzene rings is 1. The molecule has 3 nitrogen and oxygen atoms in total. The highest BCUT2D eigenvalue weighted by Crippen LogP contribution is 2.22. The van der Waals surface area contributed by atoms with Gasteiger partial charge >= 0.3 is 0 Å². The van der Waals surface area contributed by atoms with E-state index in [-0.39, 0.29) is 0 Å². The van der Waals surface area contributed by atoms with Crippen LogP contribution in [0, 0.1) is 0 Å². The minimum absolute atomic E-state index is 0.642. The number of aromatic nitrogens is 1. The van der Waals surface area contributed by atoms with Crippen LogP contribution in [-0.4, -0.2) is 4.98 Å². The van der Waals surface area contributed by atoms with Gasteiger partial charge in [0.25, 0.3) is 0 Å². The molecule has 0 aliphatic carbocycles. The number of anilines is 1. The van der Waals surface area contributed by atoms with Gasteiger partial charge in [-0.05, 0) is 48.4 Å². The number of allylic oxidation sites excluding steroid dienone is 3. The van der Waals surface area contributed by atoms with Crippen LogP contribution < -0.4 is 11.5 Å². The van der Waals surface area contributed by atoms with Crippen LogP contribution in [0.1, 0.15) is 12.6 Å². The van der Waals surface area contributed by atoms with Crippen LogP contribution in [0.3, 0.4) is 0 Å². The number of pyridine rings is 1. The molecule has 96 valence electrons. The standard InChI is InChI=1S/C16H17N3/c1-2-3-7-15(18)16-11-13(8-9-19-16)12-5-4-6-14(17)10-12/h2-11H,17-18H2,1H3/b3-2-,15-7-. The van der Waals surface area contributed by atoms with E-state index in [1.165, 1.54) is 0 Å². The van der Waals surface area contributed by atoms with E-state index in [0.29, 0.717) is 5.70 Å². The van der Waals surface area contributed by atoms with E-state index in [9.17, 15) is 0 Å². The first-order valence-corrected chi connectivity index (χ1v) is 6.11. The van der Waals surface area contributed by atoms with Gasteiger partial charge in [-0.3, -0.25) is 4.98 Å². The first kappa shape index (κ1) is 12.9. The van der Waals surface area contributed by atoms with E-state index in [2.05, 4.69) is 4.98 Å². The van der Waals surface area contributed by atoms with Gasteiger partial charge in [0.2, 0.25) is 0 Å². The van der Waals surface area contributed by atoms with Crippen LogP contribution in [0.25, 0.3) is 16.8 Å². The highest BCUT2D eigenvalue weighted by molar-refractivity contribution is 5.71. The summed E-state index contributed by atoms with van der Waals surface area (Å²) in [6, 6.07) is 11.7. The zero-order valence-corrected chi connectivity index (χ0v) is 10.9. The molecule has 2 rings (SSSR count). The van der Waals surface area contributed by atoms with Crippen molar-refractivity contribution in [1.82, 2.24) is 4.98 Å². The molecule has 3 heteroatoms. The van der Waals surface area contributed by atoms with Crippen molar-refractivity contribution in [3.63, 3.8) is 0 Å². The number of nitrogens with two attached hydrogens (primary N) is 2. The number of hydrogen-bond donors (Lipinski definition) is 2. The van der Waals surface area contributed by atoms with Gasteiger partial charge in [0.05, 0.1) is 11.4 Å². The Kier molecular flexibility index (Phi) is 3.98. The fourth-order valence-corrected chi connectivity index (χ4v) is 1.77. The second-order valence-corrected chi connectivity index (χ2v) is 4.20. The SMILES string of the molecule is C/C=C\C=C(/N)c1cc(-c2cccc(N)c2)ccn1. The van der Waals surface area contributed by atoms with Gasteiger partial charge in [-0.25, -0.2) is 0 Å². The summed E-state index contributed by atoms with van der Waals surface area (Å²) in [5.74, 6) is 0. The molecule has 1 heterocycles. The Bertz CT molecular complexity index is 627. The Balaban J connectivity index is 2.40. The average molecular weight is 251 g/mol. The van der Waals surface area contributed by atoms with Crippen molar-refractivity contribution >= 4 is 11.4 Å². The summed E-state index contributed by atoms with van der Waals surface area (Å²) < 4.78 is 0. The fourth-order valence-electron chi connectivity index (χ4n) is 1.77. The molecule has 19 heavy (non-hydrogen) atoms. The van der Waals surface area contributed by atoms with Crippen molar-refractivity contribution in [1.29, 1.82) is 0 Å². The Morgan fingerprint density at radius 3 is 2.68 bits per heavy atom. The molecule has 0 spiro atoms. The Labute approximate surface area is 113 Å². The van der Waals surface area contributed by atoms with E-state index in [1.54, 1.807) is 6.20 Å². The lowest BCUT2D eigenvalue weighted by molar-refractivity contribution is 1.26. The van der Waals surface area contributed by atoms with Crippen molar-refractivity contribution in [2.75, 3.05) is 5.73 Å². The molecule has 0 aliphatic rings. The normalized spacial score (nSPS) is 11.9. The van der Waals surface area contributed by atoms with Crippen LogP contribution in [-0.2, 0) is 0 Å². The predicted octanol–water partition coefficient (Wildman–Crippen LogP) is 3.21. The minimum atomic E-state index is 0.642. The van der Waals surface area contributed by atoms with Crippen LogP contribution in [0.4, 0.5) is 5.69 Å². The molecular formula is C16H17N3. The van der Waals surface area contributed by atoms with Crippen LogP contribution >= 0.6 is 0 Å². The predicted molar refractivity (Wildman–Crippen MR) is 81.1 cm³/mol. The molecule has 2 aromatic rings. The molecule has 0 unspecified atom stereocenters. The van der Waals surface area contributed by atoms with Crippen LogP contribution in [0.15, 0.2) is 60.8 Å². The summed E-state index contributed by atoms with van der Waals surface area (Å²) in [6.07, 6.45) is 7.41. The van der Waals surface area contributed by atoms with E-state index >= 15 is 0 Å². The first-order chi connectivity index (χ1) is 9.20. The number of nitrogens with zero attached hydrogens (tertiary/aromatic N) is 1. The van der Waals surface area contributed by atoms with Gasteiger partial charge < -0.3 is 11.5 Å². The molecule has 0 saturated heterocycles. The largest absolute Gasteiger partial charge is 0.399 e. The summed E-state index contributed by atoms with van der Waals surface area (Å²) in [5.41, 5.74) is 16.0. The van der Waals surface area contributed by atoms with Gasteiger partial charge in [0.15, 0.2) is 0 Å². The van der Waals surface area contributed by atoms with Crippen molar-refractivity contribution in [3.8, 4) is 11.1 Å². The first-order valence-electron chi connectivity index (χ1n) is 6.11. The maximum Gasteiger partial charge on any atom is 0.0865 e. The minimum Gasteiger partial charge on any atom is -0.399 e. The lowest BCUT2D eigenvalue weighted by atomic mass is 10.0. The quantitative estimate of drug-likeness (QED) is 0.650. The third-order valence-electron chi connectivity index (χ3n) is 2.74. The highest BCUT2D eigenvalue weighted by Gasteiger charge is 2.02. The van der Waals surface area contributed by atoms with E-state index < -0.39 is 0 Å². The Morgan fingerprint density at radius 2 is 1.95 bits per heavy atom. The van der Waals surface area contributed by atoms with Gasteiger partial charge in [-0.1, -0.05) is 24.3 Å². The lowest BCUT2D eigenvalue weighted by Gasteiger charge is -2.05. The molecule has 4 N–H and O–H groups in total. The van der Waals surface area contributed by atoms with Gasteiger partial charge in [-0.2, -0.15) is 0 Å². The molecule has 0 radical (unpaired) electrons. The van der Waals surface area contributed by atoms with Crippen LogP contribution in [0.2, 0.25) is 0 Å². The Morgan fingerprint density at radius 1 is 1.16 bits per heavy atom. The van der Waals surface area contributed by atoms with E-state index in [4.69, 9.17) is 11.5 Å². The maximum absolute atomic E-state index is 5.98. The summed E-state index contributed by atoms with van der Waals surface area (Å²) in [7, 11) is 0. The molecule has 0 amide bonds. The molecule has 0 atom stereocenters. The fraction of sp³-hybridized carbons (Fsp3) is 0.0625. The highest BCUT2D eigenvalue weighted by atomic mass is 14.7. The summed E-state index contributed by atoms with van der Waals surface area (Å²) in [5, 5.41) is 0. The number of rotatable bonds is 3. The zero-order valence-electron chi connectivity index (χ0n) is 10.9. The smallest absolute Gasteiger partial charge is 0.0865 e. The van der Waals surface area contributed by atoms with Gasteiger partial charge in [0.1, 0.15) is 0 Å². The average Bonchev–Trinajstić information content (AvgIpc) is 2.45. The van der Waals surface area contributed by atoms with Crippen LogP contribution in [0.5, 0.6) is 0 Å². The molecule has 0 aliphatic heterocycles. The molecule has 0 saturated carbocycles. The van der Waals surface area contributed by atoms with Crippen molar-refractivity contribution < 1.29 is 0 Å². The van der Waals surface area contributed by atoms with Gasteiger partial charge in [0, 0.05) is 11.9 Å². The number of hydrogen-bond acceptors (Lipinski definition) is 3. The second kappa shape index (κ2) is 5.87. The third kappa shape index (κ3) is 3.22. The maximum atomic E-state index is 5.98. The monoisotopic (exact) mass is 251 g/mol. The van der Waals surface area contributed by atoms with Crippen molar-refractivity contribution in [2.24, 2.45) is 5.73 Å². The number of nitrogen functional groups attached to an aromatic ring is 1. The molecule has 1 aromatic heterocycles. The molecule has 0 fully saturated rings. The van der Waals surface area contributed by atoms with Gasteiger partial charge in [-0.15, -0.1) is 0 Å². The van der Waals surface area contributed by atoms with Crippen molar-refractivity contribution in [3.05, 3.63) is 66.5 Å². The Hall–Kier alpha value is -2.55.